The van der Waals surface area contributed by atoms with Crippen molar-refractivity contribution in [3.05, 3.63) is 59.7 Å². The van der Waals surface area contributed by atoms with Gasteiger partial charge in [-0.05, 0) is 43.3 Å². The van der Waals surface area contributed by atoms with Gasteiger partial charge in [0.1, 0.15) is 11.8 Å². The van der Waals surface area contributed by atoms with Crippen molar-refractivity contribution >= 4 is 23.3 Å². The molecule has 2 aromatic rings. The highest BCUT2D eigenvalue weighted by Crippen LogP contribution is 2.15. The van der Waals surface area contributed by atoms with Gasteiger partial charge < -0.3 is 14.8 Å². The fourth-order valence-electron chi connectivity index (χ4n) is 2.29. The minimum absolute atomic E-state index is 0.0174. The molecule has 0 aliphatic heterocycles. The number of nitriles is 1. The first kappa shape index (κ1) is 20.6. The van der Waals surface area contributed by atoms with Gasteiger partial charge in [0.25, 0.3) is 5.91 Å². The third kappa shape index (κ3) is 5.68. The average Bonchev–Trinajstić information content (AvgIpc) is 2.72. The summed E-state index contributed by atoms with van der Waals surface area (Å²) < 4.78 is 10.4. The fraction of sp³-hybridized carbons (Fsp3) is 0.238. The molecule has 144 valence electrons. The molecule has 0 aliphatic rings. The number of para-hydroxylation sites is 1. The van der Waals surface area contributed by atoms with E-state index >= 15 is 0 Å². The van der Waals surface area contributed by atoms with E-state index in [0.717, 1.165) is 0 Å². The van der Waals surface area contributed by atoms with Crippen molar-refractivity contribution in [2.24, 2.45) is 0 Å². The molecule has 7 heteroatoms. The van der Waals surface area contributed by atoms with Crippen LogP contribution < -0.4 is 10.1 Å². The number of nitrogens with one attached hydrogen (secondary N) is 1. The Kier molecular flexibility index (Phi) is 7.28. The number of nitrogens with zero attached hydrogens (tertiary/aromatic N) is 1. The second-order valence-electron chi connectivity index (χ2n) is 5.87. The number of ether oxygens (including phenoxy) is 2. The molecule has 1 atom stereocenters. The molecular weight excluding hydrogens is 360 g/mol. The van der Waals surface area contributed by atoms with Crippen molar-refractivity contribution in [3.8, 4) is 11.8 Å². The normalized spacial score (nSPS) is 11.0. The Bertz CT molecular complexity index is 900. The monoisotopic (exact) mass is 380 g/mol. The summed E-state index contributed by atoms with van der Waals surface area (Å²) in [6.45, 7) is 2.82. The van der Waals surface area contributed by atoms with Crippen LogP contribution in [0, 0.1) is 11.3 Å². The molecule has 0 fully saturated rings. The molecule has 2 rings (SSSR count). The van der Waals surface area contributed by atoms with Gasteiger partial charge in [-0.15, -0.1) is 0 Å². The van der Waals surface area contributed by atoms with Crippen LogP contribution in [0.25, 0.3) is 0 Å². The van der Waals surface area contributed by atoms with E-state index in [9.17, 15) is 14.4 Å². The zero-order valence-electron chi connectivity index (χ0n) is 15.6. The number of rotatable bonds is 8. The van der Waals surface area contributed by atoms with Gasteiger partial charge in [0.2, 0.25) is 0 Å². The second-order valence-corrected chi connectivity index (χ2v) is 5.87. The van der Waals surface area contributed by atoms with Gasteiger partial charge in [-0.25, -0.2) is 4.79 Å². The summed E-state index contributed by atoms with van der Waals surface area (Å²) in [5, 5.41) is 11.6. The summed E-state index contributed by atoms with van der Waals surface area (Å²) in [7, 11) is 0. The number of benzene rings is 2. The van der Waals surface area contributed by atoms with Crippen LogP contribution in [0.4, 0.5) is 5.69 Å². The van der Waals surface area contributed by atoms with Gasteiger partial charge in [-0.3, -0.25) is 9.59 Å². The average molecular weight is 380 g/mol. The van der Waals surface area contributed by atoms with Crippen LogP contribution in [-0.2, 0) is 14.3 Å². The van der Waals surface area contributed by atoms with Crippen LogP contribution in [0.15, 0.2) is 48.5 Å². The molecule has 0 radical (unpaired) electrons. The number of amides is 1. The third-order valence-corrected chi connectivity index (χ3v) is 3.84. The van der Waals surface area contributed by atoms with Gasteiger partial charge in [-0.2, -0.15) is 5.26 Å². The lowest BCUT2D eigenvalue weighted by Gasteiger charge is -2.14. The van der Waals surface area contributed by atoms with Crippen molar-refractivity contribution in [1.82, 2.24) is 0 Å². The second kappa shape index (κ2) is 9.88. The molecule has 0 saturated heterocycles. The predicted octanol–water partition coefficient (Wildman–Crippen LogP) is 3.10. The molecule has 1 unspecified atom stereocenters. The Morgan fingerprint density at radius 1 is 1.11 bits per heavy atom. The minimum Gasteiger partial charge on any atom is -0.482 e. The summed E-state index contributed by atoms with van der Waals surface area (Å²) in [6.07, 6.45) is -0.655. The van der Waals surface area contributed by atoms with E-state index in [-0.39, 0.29) is 12.4 Å². The molecule has 1 N–H and O–H groups in total. The molecule has 0 aliphatic carbocycles. The fourth-order valence-corrected chi connectivity index (χ4v) is 2.29. The van der Waals surface area contributed by atoms with Crippen LogP contribution in [0.2, 0.25) is 0 Å². The number of Topliss-reactive ketones (excluding diaryl/α,β-unsaturated/α-hetero) is 1. The summed E-state index contributed by atoms with van der Waals surface area (Å²) in [6, 6.07) is 14.9. The van der Waals surface area contributed by atoms with Gasteiger partial charge >= 0.3 is 5.97 Å². The Balaban J connectivity index is 1.84. The van der Waals surface area contributed by atoms with Crippen LogP contribution in [0.1, 0.15) is 36.2 Å². The van der Waals surface area contributed by atoms with Crippen molar-refractivity contribution in [2.45, 2.75) is 26.4 Å². The lowest BCUT2D eigenvalue weighted by molar-refractivity contribution is -0.155. The summed E-state index contributed by atoms with van der Waals surface area (Å²) in [5.41, 5.74) is 1.22. The summed E-state index contributed by atoms with van der Waals surface area (Å²) in [5.74, 6) is -0.850. The van der Waals surface area contributed by atoms with E-state index in [0.29, 0.717) is 29.0 Å². The highest BCUT2D eigenvalue weighted by atomic mass is 16.6. The lowest BCUT2D eigenvalue weighted by Crippen LogP contribution is -2.31. The molecule has 7 nitrogen and oxygen atoms in total. The SMILES string of the molecule is CCC(=O)c1ccc(OCC(=O)OC(C)C(=O)Nc2ccccc2C#N)cc1. The highest BCUT2D eigenvalue weighted by molar-refractivity contribution is 5.96. The largest absolute Gasteiger partial charge is 0.482 e. The number of hydrogen-bond donors (Lipinski definition) is 1. The number of carbonyl (C=O) groups is 3. The van der Waals surface area contributed by atoms with E-state index in [1.165, 1.54) is 6.92 Å². The number of hydrogen-bond acceptors (Lipinski definition) is 6. The first-order valence-electron chi connectivity index (χ1n) is 8.70. The first-order chi connectivity index (χ1) is 13.4. The topological polar surface area (TPSA) is 105 Å². The Morgan fingerprint density at radius 2 is 1.79 bits per heavy atom. The smallest absolute Gasteiger partial charge is 0.344 e. The van der Waals surface area contributed by atoms with E-state index < -0.39 is 18.0 Å². The maximum atomic E-state index is 12.1. The Morgan fingerprint density at radius 3 is 2.43 bits per heavy atom. The van der Waals surface area contributed by atoms with Crippen LogP contribution in [0.5, 0.6) is 5.75 Å². The summed E-state index contributed by atoms with van der Waals surface area (Å²) in [4.78, 5) is 35.6. The first-order valence-corrected chi connectivity index (χ1v) is 8.70. The molecule has 2 aromatic carbocycles. The zero-order valence-corrected chi connectivity index (χ0v) is 15.6. The van der Waals surface area contributed by atoms with Crippen molar-refractivity contribution in [1.29, 1.82) is 5.26 Å². The highest BCUT2D eigenvalue weighted by Gasteiger charge is 2.19. The van der Waals surface area contributed by atoms with Gasteiger partial charge in [0.05, 0.1) is 11.3 Å². The number of esters is 1. The number of ketones is 1. The number of anilines is 1. The molecule has 0 heterocycles. The maximum Gasteiger partial charge on any atom is 0.344 e. The molecular formula is C21H20N2O5. The lowest BCUT2D eigenvalue weighted by atomic mass is 10.1. The standard InChI is InChI=1S/C21H20N2O5/c1-3-19(24)15-8-10-17(11-9-15)27-13-20(25)28-14(2)21(26)23-18-7-5-4-6-16(18)12-22/h4-11,14H,3,13H2,1-2H3,(H,23,26). The van der Waals surface area contributed by atoms with Crippen molar-refractivity contribution in [2.75, 3.05) is 11.9 Å². The Labute approximate surface area is 162 Å². The molecule has 0 bridgehead atoms. The summed E-state index contributed by atoms with van der Waals surface area (Å²) >= 11 is 0. The third-order valence-electron chi connectivity index (χ3n) is 3.84. The van der Waals surface area contributed by atoms with Crippen LogP contribution in [-0.4, -0.2) is 30.4 Å². The van der Waals surface area contributed by atoms with E-state index in [1.54, 1.807) is 55.5 Å². The van der Waals surface area contributed by atoms with Gasteiger partial charge in [0.15, 0.2) is 18.5 Å². The number of carbonyl (C=O) groups excluding carboxylic acids is 3. The maximum absolute atomic E-state index is 12.1. The van der Waals surface area contributed by atoms with E-state index in [1.807, 2.05) is 6.07 Å². The van der Waals surface area contributed by atoms with Gasteiger partial charge in [-0.1, -0.05) is 19.1 Å². The minimum atomic E-state index is -1.06. The molecule has 1 amide bonds. The van der Waals surface area contributed by atoms with Crippen molar-refractivity contribution in [3.63, 3.8) is 0 Å². The zero-order chi connectivity index (χ0) is 20.5. The molecule has 28 heavy (non-hydrogen) atoms. The molecule has 0 spiro atoms. The van der Waals surface area contributed by atoms with Crippen LogP contribution >= 0.6 is 0 Å². The van der Waals surface area contributed by atoms with Crippen molar-refractivity contribution < 1.29 is 23.9 Å². The Hall–Kier alpha value is -3.66. The van der Waals surface area contributed by atoms with E-state index in [2.05, 4.69) is 5.32 Å². The van der Waals surface area contributed by atoms with Crippen LogP contribution in [0.3, 0.4) is 0 Å². The molecule has 0 aromatic heterocycles. The predicted molar refractivity (Wildman–Crippen MR) is 102 cm³/mol. The van der Waals surface area contributed by atoms with E-state index in [4.69, 9.17) is 14.7 Å². The molecule has 0 saturated carbocycles. The van der Waals surface area contributed by atoms with Gasteiger partial charge in [0, 0.05) is 12.0 Å². The quantitative estimate of drug-likeness (QED) is 0.557.